The Hall–Kier alpha value is -1.70. The lowest BCUT2D eigenvalue weighted by molar-refractivity contribution is 0.614. The van der Waals surface area contributed by atoms with E-state index in [1.54, 1.807) is 18.2 Å². The first kappa shape index (κ1) is 13.7. The Balaban J connectivity index is 1.89. The molecule has 0 aliphatic heterocycles. The van der Waals surface area contributed by atoms with Crippen LogP contribution in [0.25, 0.3) is 0 Å². The highest BCUT2D eigenvalue weighted by molar-refractivity contribution is 9.10. The summed E-state index contributed by atoms with van der Waals surface area (Å²) in [5, 5.41) is 11.9. The molecule has 1 N–H and O–H groups in total. The van der Waals surface area contributed by atoms with Gasteiger partial charge >= 0.3 is 0 Å². The molecule has 2 aromatic carbocycles. The third kappa shape index (κ3) is 3.88. The summed E-state index contributed by atoms with van der Waals surface area (Å²) in [5.41, 5.74) is 2.64. The van der Waals surface area contributed by atoms with Crippen molar-refractivity contribution in [1.82, 2.24) is 5.32 Å². The molecule has 0 saturated heterocycles. The van der Waals surface area contributed by atoms with Crippen LogP contribution in [-0.2, 0) is 13.1 Å². The van der Waals surface area contributed by atoms with Crippen LogP contribution >= 0.6 is 15.9 Å². The summed E-state index contributed by atoms with van der Waals surface area (Å²) in [7, 11) is 0. The molecule has 2 aromatic rings. The van der Waals surface area contributed by atoms with Crippen LogP contribution in [0, 0.1) is 17.1 Å². The minimum Gasteiger partial charge on any atom is -0.309 e. The van der Waals surface area contributed by atoms with Gasteiger partial charge in [0.05, 0.1) is 16.1 Å². The summed E-state index contributed by atoms with van der Waals surface area (Å²) in [4.78, 5) is 0. The summed E-state index contributed by atoms with van der Waals surface area (Å²) in [6.45, 7) is 1.29. The molecule has 0 amide bonds. The van der Waals surface area contributed by atoms with E-state index in [1.807, 2.05) is 18.2 Å². The Morgan fingerprint density at radius 3 is 2.32 bits per heavy atom. The van der Waals surface area contributed by atoms with Crippen molar-refractivity contribution in [3.8, 4) is 6.07 Å². The molecular formula is C15H12BrFN2. The maximum absolute atomic E-state index is 13.3. The zero-order chi connectivity index (χ0) is 13.7. The molecule has 0 fully saturated rings. The Bertz CT molecular complexity index is 603. The zero-order valence-electron chi connectivity index (χ0n) is 10.2. The number of nitrogens with zero attached hydrogens (tertiary/aromatic N) is 1. The second kappa shape index (κ2) is 6.46. The number of hydrogen-bond donors (Lipinski definition) is 1. The van der Waals surface area contributed by atoms with Crippen molar-refractivity contribution < 1.29 is 4.39 Å². The number of nitrogens with one attached hydrogen (secondary N) is 1. The van der Waals surface area contributed by atoms with E-state index in [4.69, 9.17) is 5.26 Å². The first-order valence-corrected chi connectivity index (χ1v) is 6.62. The van der Waals surface area contributed by atoms with Crippen molar-refractivity contribution in [1.29, 1.82) is 5.26 Å². The molecule has 0 saturated carbocycles. The standard InChI is InChI=1S/C15H12BrFN2/c16-14-6-5-13(7-15(14)17)10-19-9-12-3-1-11(8-18)2-4-12/h1-7,19H,9-10H2. The van der Waals surface area contributed by atoms with Gasteiger partial charge in [-0.1, -0.05) is 18.2 Å². The summed E-state index contributed by atoms with van der Waals surface area (Å²) < 4.78 is 13.8. The Morgan fingerprint density at radius 2 is 1.68 bits per heavy atom. The summed E-state index contributed by atoms with van der Waals surface area (Å²) in [5.74, 6) is -0.252. The fraction of sp³-hybridized carbons (Fsp3) is 0.133. The molecule has 0 aromatic heterocycles. The van der Waals surface area contributed by atoms with Crippen LogP contribution in [0.3, 0.4) is 0 Å². The summed E-state index contributed by atoms with van der Waals surface area (Å²) in [6.07, 6.45) is 0. The van der Waals surface area contributed by atoms with Crippen LogP contribution in [-0.4, -0.2) is 0 Å². The maximum Gasteiger partial charge on any atom is 0.137 e. The average molecular weight is 319 g/mol. The Morgan fingerprint density at radius 1 is 1.05 bits per heavy atom. The van der Waals surface area contributed by atoms with E-state index in [0.717, 1.165) is 11.1 Å². The maximum atomic E-state index is 13.3. The molecule has 0 bridgehead atoms. The Kier molecular flexibility index (Phi) is 4.67. The molecule has 19 heavy (non-hydrogen) atoms. The second-order valence-electron chi connectivity index (χ2n) is 4.16. The van der Waals surface area contributed by atoms with E-state index in [-0.39, 0.29) is 5.82 Å². The number of rotatable bonds is 4. The third-order valence-electron chi connectivity index (χ3n) is 2.73. The first-order valence-electron chi connectivity index (χ1n) is 5.83. The van der Waals surface area contributed by atoms with Gasteiger partial charge in [0.2, 0.25) is 0 Å². The van der Waals surface area contributed by atoms with Crippen molar-refractivity contribution in [2.24, 2.45) is 0 Å². The Labute approximate surface area is 120 Å². The molecule has 0 heterocycles. The van der Waals surface area contributed by atoms with Gasteiger partial charge in [-0.15, -0.1) is 0 Å². The normalized spacial score (nSPS) is 10.2. The smallest absolute Gasteiger partial charge is 0.137 e. The molecule has 0 aliphatic carbocycles. The predicted octanol–water partition coefficient (Wildman–Crippen LogP) is 3.75. The van der Waals surface area contributed by atoms with Crippen LogP contribution in [0.2, 0.25) is 0 Å². The predicted molar refractivity (Wildman–Crippen MR) is 75.8 cm³/mol. The SMILES string of the molecule is N#Cc1ccc(CNCc2ccc(Br)c(F)c2)cc1. The van der Waals surface area contributed by atoms with Gasteiger partial charge in [-0.25, -0.2) is 4.39 Å². The molecule has 4 heteroatoms. The number of benzene rings is 2. The lowest BCUT2D eigenvalue weighted by Gasteiger charge is -2.06. The van der Waals surface area contributed by atoms with E-state index in [0.29, 0.717) is 23.1 Å². The monoisotopic (exact) mass is 318 g/mol. The lowest BCUT2D eigenvalue weighted by Crippen LogP contribution is -2.12. The van der Waals surface area contributed by atoms with Crippen molar-refractivity contribution in [3.63, 3.8) is 0 Å². The summed E-state index contributed by atoms with van der Waals surface area (Å²) in [6, 6.07) is 14.6. The van der Waals surface area contributed by atoms with E-state index >= 15 is 0 Å². The number of hydrogen-bond acceptors (Lipinski definition) is 2. The first-order chi connectivity index (χ1) is 9.19. The van der Waals surface area contributed by atoms with Gasteiger partial charge in [0.1, 0.15) is 5.82 Å². The van der Waals surface area contributed by atoms with Crippen LogP contribution in [0.5, 0.6) is 0 Å². The average Bonchev–Trinajstić information content (AvgIpc) is 2.43. The second-order valence-corrected chi connectivity index (χ2v) is 5.02. The van der Waals surface area contributed by atoms with E-state index in [9.17, 15) is 4.39 Å². The molecule has 0 atom stereocenters. The fourth-order valence-corrected chi connectivity index (χ4v) is 1.94. The van der Waals surface area contributed by atoms with Crippen LogP contribution in [0.15, 0.2) is 46.9 Å². The van der Waals surface area contributed by atoms with Crippen molar-refractivity contribution in [3.05, 3.63) is 69.4 Å². The van der Waals surface area contributed by atoms with Gasteiger partial charge in [0.15, 0.2) is 0 Å². The summed E-state index contributed by atoms with van der Waals surface area (Å²) >= 11 is 3.13. The van der Waals surface area contributed by atoms with Crippen molar-refractivity contribution >= 4 is 15.9 Å². The molecule has 0 spiro atoms. The molecular weight excluding hydrogens is 307 g/mol. The molecule has 0 unspecified atom stereocenters. The molecule has 0 aliphatic rings. The van der Waals surface area contributed by atoms with Gasteiger partial charge in [0.25, 0.3) is 0 Å². The highest BCUT2D eigenvalue weighted by Gasteiger charge is 2.00. The third-order valence-corrected chi connectivity index (χ3v) is 3.37. The minimum atomic E-state index is -0.252. The minimum absolute atomic E-state index is 0.252. The number of nitriles is 1. The molecule has 96 valence electrons. The van der Waals surface area contributed by atoms with Gasteiger partial charge in [-0.3, -0.25) is 0 Å². The quantitative estimate of drug-likeness (QED) is 0.932. The highest BCUT2D eigenvalue weighted by Crippen LogP contribution is 2.16. The van der Waals surface area contributed by atoms with Gasteiger partial charge in [-0.2, -0.15) is 5.26 Å². The largest absolute Gasteiger partial charge is 0.309 e. The van der Waals surface area contributed by atoms with Crippen molar-refractivity contribution in [2.45, 2.75) is 13.1 Å². The van der Waals surface area contributed by atoms with Crippen LogP contribution < -0.4 is 5.32 Å². The van der Waals surface area contributed by atoms with Gasteiger partial charge in [-0.05, 0) is 51.3 Å². The lowest BCUT2D eigenvalue weighted by atomic mass is 10.1. The molecule has 2 nitrogen and oxygen atoms in total. The highest BCUT2D eigenvalue weighted by atomic mass is 79.9. The number of halogens is 2. The van der Waals surface area contributed by atoms with Crippen LogP contribution in [0.1, 0.15) is 16.7 Å². The van der Waals surface area contributed by atoms with Gasteiger partial charge < -0.3 is 5.32 Å². The zero-order valence-corrected chi connectivity index (χ0v) is 11.7. The van der Waals surface area contributed by atoms with Crippen LogP contribution in [0.4, 0.5) is 4.39 Å². The van der Waals surface area contributed by atoms with Gasteiger partial charge in [0, 0.05) is 13.1 Å². The topological polar surface area (TPSA) is 35.8 Å². The fourth-order valence-electron chi connectivity index (χ4n) is 1.70. The van der Waals surface area contributed by atoms with E-state index in [2.05, 4.69) is 27.3 Å². The molecule has 0 radical (unpaired) electrons. The van der Waals surface area contributed by atoms with Crippen molar-refractivity contribution in [2.75, 3.05) is 0 Å². The van der Waals surface area contributed by atoms with E-state index in [1.165, 1.54) is 6.07 Å². The molecule has 2 rings (SSSR count). The van der Waals surface area contributed by atoms with E-state index < -0.39 is 0 Å².